The molecular weight excluding hydrogens is 218 g/mol. The molecule has 1 aromatic rings. The quantitative estimate of drug-likeness (QED) is 0.727. The second-order valence-electron chi connectivity index (χ2n) is 4.63. The van der Waals surface area contributed by atoms with Crippen molar-refractivity contribution in [2.75, 3.05) is 19.6 Å². The third kappa shape index (κ3) is 3.80. The molecule has 1 saturated heterocycles. The minimum absolute atomic E-state index is 0.380. The van der Waals surface area contributed by atoms with Gasteiger partial charge in [0.05, 0.1) is 0 Å². The van der Waals surface area contributed by atoms with Crippen molar-refractivity contribution >= 4 is 11.6 Å². The molecule has 16 heavy (non-hydrogen) atoms. The molecule has 0 saturated carbocycles. The van der Waals surface area contributed by atoms with Gasteiger partial charge in [0, 0.05) is 11.9 Å². The third-order valence-corrected chi connectivity index (χ3v) is 3.59. The number of likely N-dealkylation sites (tertiary alicyclic amines) is 1. The second kappa shape index (κ2) is 6.27. The summed E-state index contributed by atoms with van der Waals surface area (Å²) in [4.78, 5) is 2.50. The molecule has 1 heterocycles. The fraction of sp³-hybridized carbons (Fsp3) is 0.571. The fourth-order valence-corrected chi connectivity index (χ4v) is 2.70. The van der Waals surface area contributed by atoms with Crippen molar-refractivity contribution in [3.8, 4) is 0 Å². The Kier molecular flexibility index (Phi) is 4.68. The maximum absolute atomic E-state index is 6.17. The molecule has 1 nitrogen and oxygen atoms in total. The van der Waals surface area contributed by atoms with Crippen molar-refractivity contribution in [1.29, 1.82) is 0 Å². The topological polar surface area (TPSA) is 3.24 Å². The number of benzene rings is 1. The summed E-state index contributed by atoms with van der Waals surface area (Å²) in [6.45, 7) is 3.51. The van der Waals surface area contributed by atoms with Crippen molar-refractivity contribution in [2.24, 2.45) is 0 Å². The van der Waals surface area contributed by atoms with Crippen LogP contribution in [0.2, 0.25) is 0 Å². The molecule has 0 amide bonds. The predicted octanol–water partition coefficient (Wildman–Crippen LogP) is 3.32. The van der Waals surface area contributed by atoms with Crippen LogP contribution in [0.3, 0.4) is 0 Å². The van der Waals surface area contributed by atoms with Gasteiger partial charge in [0.15, 0.2) is 0 Å². The van der Waals surface area contributed by atoms with E-state index in [9.17, 15) is 0 Å². The van der Waals surface area contributed by atoms with Crippen LogP contribution in [0.1, 0.15) is 24.8 Å². The molecule has 1 atom stereocenters. The molecule has 0 aromatic heterocycles. The van der Waals surface area contributed by atoms with E-state index in [1.165, 1.54) is 44.3 Å². The lowest BCUT2D eigenvalue weighted by atomic mass is 10.1. The van der Waals surface area contributed by atoms with Crippen molar-refractivity contribution in [2.45, 2.75) is 31.1 Å². The van der Waals surface area contributed by atoms with Gasteiger partial charge in [0.1, 0.15) is 0 Å². The Bertz CT molecular complexity index is 299. The Labute approximate surface area is 103 Å². The molecule has 0 radical (unpaired) electrons. The first-order valence-corrected chi connectivity index (χ1v) is 6.68. The SMILES string of the molecule is ClC1CCCN(CCCc2ccccc2)C1. The number of aryl methyl sites for hydroxylation is 1. The summed E-state index contributed by atoms with van der Waals surface area (Å²) in [6.07, 6.45) is 4.88. The summed E-state index contributed by atoms with van der Waals surface area (Å²) >= 11 is 6.17. The second-order valence-corrected chi connectivity index (χ2v) is 5.25. The highest BCUT2D eigenvalue weighted by molar-refractivity contribution is 6.20. The normalized spacial score (nSPS) is 22.2. The van der Waals surface area contributed by atoms with E-state index in [-0.39, 0.29) is 0 Å². The van der Waals surface area contributed by atoms with Crippen molar-refractivity contribution in [3.63, 3.8) is 0 Å². The van der Waals surface area contributed by atoms with Gasteiger partial charge in [-0.15, -0.1) is 11.6 Å². The van der Waals surface area contributed by atoms with Gasteiger partial charge < -0.3 is 4.90 Å². The zero-order valence-corrected chi connectivity index (χ0v) is 10.5. The average molecular weight is 238 g/mol. The lowest BCUT2D eigenvalue weighted by Crippen LogP contribution is -2.36. The summed E-state index contributed by atoms with van der Waals surface area (Å²) in [7, 11) is 0. The highest BCUT2D eigenvalue weighted by atomic mass is 35.5. The molecule has 2 heteroatoms. The van der Waals surface area contributed by atoms with E-state index >= 15 is 0 Å². The molecule has 1 fully saturated rings. The molecule has 1 aliphatic heterocycles. The van der Waals surface area contributed by atoms with Crippen molar-refractivity contribution in [1.82, 2.24) is 4.90 Å². The van der Waals surface area contributed by atoms with E-state index in [0.717, 1.165) is 6.54 Å². The summed E-state index contributed by atoms with van der Waals surface area (Å²) in [5.74, 6) is 0. The average Bonchev–Trinajstić information content (AvgIpc) is 2.30. The van der Waals surface area contributed by atoms with E-state index in [1.807, 2.05) is 0 Å². The molecule has 1 aromatic carbocycles. The zero-order chi connectivity index (χ0) is 11.2. The molecule has 1 aliphatic rings. The Morgan fingerprint density at radius 3 is 2.81 bits per heavy atom. The van der Waals surface area contributed by atoms with Gasteiger partial charge in [-0.3, -0.25) is 0 Å². The maximum Gasteiger partial charge on any atom is 0.0463 e. The highest BCUT2D eigenvalue weighted by Crippen LogP contribution is 2.15. The smallest absolute Gasteiger partial charge is 0.0463 e. The lowest BCUT2D eigenvalue weighted by Gasteiger charge is -2.29. The minimum Gasteiger partial charge on any atom is -0.302 e. The number of halogens is 1. The number of nitrogens with zero attached hydrogens (tertiary/aromatic N) is 1. The summed E-state index contributed by atoms with van der Waals surface area (Å²) in [5.41, 5.74) is 1.45. The van der Waals surface area contributed by atoms with E-state index in [1.54, 1.807) is 0 Å². The monoisotopic (exact) mass is 237 g/mol. The zero-order valence-electron chi connectivity index (χ0n) is 9.74. The van der Waals surface area contributed by atoms with Gasteiger partial charge in [0.25, 0.3) is 0 Å². The van der Waals surface area contributed by atoms with Gasteiger partial charge in [-0.2, -0.15) is 0 Å². The number of alkyl halides is 1. The molecule has 0 spiro atoms. The molecular formula is C14H20ClN. The Morgan fingerprint density at radius 2 is 2.06 bits per heavy atom. The summed E-state index contributed by atoms with van der Waals surface area (Å²) < 4.78 is 0. The van der Waals surface area contributed by atoms with E-state index in [0.29, 0.717) is 5.38 Å². The van der Waals surface area contributed by atoms with Crippen molar-refractivity contribution < 1.29 is 0 Å². The number of hydrogen-bond acceptors (Lipinski definition) is 1. The van der Waals surface area contributed by atoms with Gasteiger partial charge in [0.2, 0.25) is 0 Å². The summed E-state index contributed by atoms with van der Waals surface area (Å²) in [6, 6.07) is 10.7. The first-order valence-electron chi connectivity index (χ1n) is 6.25. The highest BCUT2D eigenvalue weighted by Gasteiger charge is 2.16. The molecule has 0 aliphatic carbocycles. The van der Waals surface area contributed by atoms with E-state index in [4.69, 9.17) is 11.6 Å². The first kappa shape index (κ1) is 11.9. The van der Waals surface area contributed by atoms with Crippen LogP contribution in [0, 0.1) is 0 Å². The van der Waals surface area contributed by atoms with Gasteiger partial charge in [-0.1, -0.05) is 30.3 Å². The fourth-order valence-electron chi connectivity index (χ4n) is 2.35. The summed E-state index contributed by atoms with van der Waals surface area (Å²) in [5, 5.41) is 0.380. The van der Waals surface area contributed by atoms with Crippen LogP contribution in [-0.4, -0.2) is 29.9 Å². The first-order chi connectivity index (χ1) is 7.84. The maximum atomic E-state index is 6.17. The Balaban J connectivity index is 1.68. The predicted molar refractivity (Wildman–Crippen MR) is 70.1 cm³/mol. The van der Waals surface area contributed by atoms with Crippen LogP contribution >= 0.6 is 11.6 Å². The third-order valence-electron chi connectivity index (χ3n) is 3.23. The molecule has 88 valence electrons. The van der Waals surface area contributed by atoms with Crippen LogP contribution < -0.4 is 0 Å². The largest absolute Gasteiger partial charge is 0.302 e. The lowest BCUT2D eigenvalue weighted by molar-refractivity contribution is 0.229. The van der Waals surface area contributed by atoms with Crippen LogP contribution in [-0.2, 0) is 6.42 Å². The van der Waals surface area contributed by atoms with Crippen LogP contribution in [0.4, 0.5) is 0 Å². The van der Waals surface area contributed by atoms with Crippen LogP contribution in [0.5, 0.6) is 0 Å². The van der Waals surface area contributed by atoms with E-state index < -0.39 is 0 Å². The van der Waals surface area contributed by atoms with E-state index in [2.05, 4.69) is 35.2 Å². The number of rotatable bonds is 4. The molecule has 1 unspecified atom stereocenters. The molecule has 2 rings (SSSR count). The van der Waals surface area contributed by atoms with Gasteiger partial charge in [-0.25, -0.2) is 0 Å². The van der Waals surface area contributed by atoms with Crippen molar-refractivity contribution in [3.05, 3.63) is 35.9 Å². The standard InChI is InChI=1S/C14H20ClN/c15-14-9-5-11-16(12-14)10-4-8-13-6-2-1-3-7-13/h1-3,6-7,14H,4-5,8-12H2. The minimum atomic E-state index is 0.380. The molecule has 0 N–H and O–H groups in total. The van der Waals surface area contributed by atoms with Gasteiger partial charge >= 0.3 is 0 Å². The molecule has 0 bridgehead atoms. The Hall–Kier alpha value is -0.530. The number of hydrogen-bond donors (Lipinski definition) is 0. The van der Waals surface area contributed by atoms with Crippen LogP contribution in [0.15, 0.2) is 30.3 Å². The van der Waals surface area contributed by atoms with Gasteiger partial charge in [-0.05, 0) is 44.3 Å². The Morgan fingerprint density at radius 1 is 1.25 bits per heavy atom. The van der Waals surface area contributed by atoms with Crippen LogP contribution in [0.25, 0.3) is 0 Å². The number of piperidine rings is 1.